The van der Waals surface area contributed by atoms with Crippen molar-refractivity contribution in [3.05, 3.63) is 74.1 Å². The van der Waals surface area contributed by atoms with Crippen molar-refractivity contribution in [3.8, 4) is 5.75 Å². The van der Waals surface area contributed by atoms with Crippen molar-refractivity contribution in [2.24, 2.45) is 0 Å². The Kier molecular flexibility index (Phi) is 8.00. The van der Waals surface area contributed by atoms with E-state index in [1.54, 1.807) is 20.1 Å². The van der Waals surface area contributed by atoms with E-state index in [0.29, 0.717) is 28.5 Å². The quantitative estimate of drug-likeness (QED) is 0.323. The number of hydrogen-bond acceptors (Lipinski definition) is 8. The second-order valence-corrected chi connectivity index (χ2v) is 13.4. The van der Waals surface area contributed by atoms with Crippen LogP contribution in [0.25, 0.3) is 10.2 Å². The third-order valence-corrected chi connectivity index (χ3v) is 10.6. The zero-order valence-corrected chi connectivity index (χ0v) is 25.4. The molecule has 0 saturated carbocycles. The first-order valence-electron chi connectivity index (χ1n) is 12.5. The van der Waals surface area contributed by atoms with E-state index in [1.165, 1.54) is 10.6 Å². The highest BCUT2D eigenvalue weighted by Crippen LogP contribution is 2.34. The van der Waals surface area contributed by atoms with Crippen molar-refractivity contribution < 1.29 is 17.9 Å². The summed E-state index contributed by atoms with van der Waals surface area (Å²) in [4.78, 5) is 33.5. The minimum absolute atomic E-state index is 0.0153. The highest BCUT2D eigenvalue weighted by Gasteiger charge is 2.34. The number of hydrogen-bond donors (Lipinski definition) is 1. The number of aryl methyl sites for hydroxylation is 2. The first kappa shape index (κ1) is 28.3. The number of ether oxygens (including phenoxy) is 1. The van der Waals surface area contributed by atoms with E-state index < -0.39 is 21.5 Å². The second kappa shape index (κ2) is 11.3. The number of thiophene rings is 1. The van der Waals surface area contributed by atoms with Crippen LogP contribution < -0.4 is 20.5 Å². The lowest BCUT2D eigenvalue weighted by Gasteiger charge is -2.35. The fraction of sp³-hybridized carbons (Fsp3) is 0.296. The summed E-state index contributed by atoms with van der Waals surface area (Å²) in [6.45, 7) is 4.74. The molecule has 1 aliphatic heterocycles. The number of nitrogens with one attached hydrogen (secondary N) is 1. The summed E-state index contributed by atoms with van der Waals surface area (Å²) in [6, 6.07) is 13.1. The van der Waals surface area contributed by atoms with Gasteiger partial charge in [-0.1, -0.05) is 18.2 Å². The number of anilines is 2. The SMILES string of the molecule is COc1ccccc1N1CCN(S(=O)(=O)c2c(C)sc3ncn(CC(=O)Nc4ccc(C)cc4Br)c(=O)c23)CC1. The van der Waals surface area contributed by atoms with E-state index in [9.17, 15) is 18.0 Å². The fourth-order valence-corrected chi connectivity index (χ4v) is 8.47. The van der Waals surface area contributed by atoms with Gasteiger partial charge in [-0.05, 0) is 59.6 Å². The van der Waals surface area contributed by atoms with Gasteiger partial charge in [0.2, 0.25) is 15.9 Å². The molecule has 40 heavy (non-hydrogen) atoms. The zero-order chi connectivity index (χ0) is 28.6. The third kappa shape index (κ3) is 5.38. The Morgan fingerprint density at radius 3 is 2.55 bits per heavy atom. The van der Waals surface area contributed by atoms with Crippen LogP contribution in [0.15, 0.2) is 63.0 Å². The Hall–Kier alpha value is -3.26. The van der Waals surface area contributed by atoms with Gasteiger partial charge in [-0.3, -0.25) is 14.2 Å². The van der Waals surface area contributed by atoms with E-state index in [1.807, 2.05) is 43.3 Å². The van der Waals surface area contributed by atoms with Gasteiger partial charge in [0.15, 0.2) is 0 Å². The minimum Gasteiger partial charge on any atom is -0.495 e. The number of aromatic nitrogens is 2. The normalized spacial score (nSPS) is 14.4. The molecule has 4 aromatic rings. The molecule has 13 heteroatoms. The third-order valence-electron chi connectivity index (χ3n) is 6.77. The summed E-state index contributed by atoms with van der Waals surface area (Å²) in [5.41, 5.74) is 1.93. The lowest BCUT2D eigenvalue weighted by Crippen LogP contribution is -2.49. The van der Waals surface area contributed by atoms with Crippen LogP contribution in [0.4, 0.5) is 11.4 Å². The molecule has 0 unspecified atom stereocenters. The number of methoxy groups -OCH3 is 1. The number of carbonyl (C=O) groups is 1. The Labute approximate surface area is 244 Å². The molecule has 2 aromatic heterocycles. The van der Waals surface area contributed by atoms with Crippen molar-refractivity contribution in [3.63, 3.8) is 0 Å². The molecule has 1 amide bonds. The molecule has 0 atom stereocenters. The number of halogens is 1. The molecule has 5 rings (SSSR count). The molecule has 0 spiro atoms. The number of nitrogens with zero attached hydrogens (tertiary/aromatic N) is 4. The number of amides is 1. The molecule has 0 aliphatic carbocycles. The summed E-state index contributed by atoms with van der Waals surface area (Å²) in [5, 5.41) is 2.79. The van der Waals surface area contributed by atoms with Gasteiger partial charge >= 0.3 is 0 Å². The van der Waals surface area contributed by atoms with Gasteiger partial charge in [0.05, 0.1) is 30.2 Å². The number of piperazine rings is 1. The molecule has 0 radical (unpaired) electrons. The number of para-hydroxylation sites is 2. The van der Waals surface area contributed by atoms with Gasteiger partial charge in [0.1, 0.15) is 22.0 Å². The molecule has 0 bridgehead atoms. The highest BCUT2D eigenvalue weighted by molar-refractivity contribution is 9.10. The first-order chi connectivity index (χ1) is 19.1. The highest BCUT2D eigenvalue weighted by atomic mass is 79.9. The van der Waals surface area contributed by atoms with Gasteiger partial charge in [0, 0.05) is 35.5 Å². The predicted molar refractivity (Wildman–Crippen MR) is 160 cm³/mol. The largest absolute Gasteiger partial charge is 0.495 e. The molecule has 1 saturated heterocycles. The predicted octanol–water partition coefficient (Wildman–Crippen LogP) is 4.00. The van der Waals surface area contributed by atoms with Gasteiger partial charge in [-0.15, -0.1) is 11.3 Å². The van der Waals surface area contributed by atoms with Crippen molar-refractivity contribution in [1.29, 1.82) is 0 Å². The van der Waals surface area contributed by atoms with E-state index in [4.69, 9.17) is 4.74 Å². The number of sulfonamides is 1. The van der Waals surface area contributed by atoms with Crippen LogP contribution in [0.3, 0.4) is 0 Å². The zero-order valence-electron chi connectivity index (χ0n) is 22.2. The fourth-order valence-electron chi connectivity index (χ4n) is 4.79. The summed E-state index contributed by atoms with van der Waals surface area (Å²) in [6.07, 6.45) is 1.28. The maximum atomic E-state index is 13.9. The van der Waals surface area contributed by atoms with Crippen LogP contribution in [0, 0.1) is 13.8 Å². The lowest BCUT2D eigenvalue weighted by atomic mass is 10.2. The molecular formula is C27H28BrN5O5S2. The van der Waals surface area contributed by atoms with Gasteiger partial charge in [0.25, 0.3) is 5.56 Å². The summed E-state index contributed by atoms with van der Waals surface area (Å²) in [5.74, 6) is 0.292. The molecule has 1 aliphatic rings. The smallest absolute Gasteiger partial charge is 0.263 e. The summed E-state index contributed by atoms with van der Waals surface area (Å²) >= 11 is 4.58. The first-order valence-corrected chi connectivity index (χ1v) is 15.6. The van der Waals surface area contributed by atoms with Crippen LogP contribution in [0.5, 0.6) is 5.75 Å². The van der Waals surface area contributed by atoms with Gasteiger partial charge in [-0.25, -0.2) is 13.4 Å². The van der Waals surface area contributed by atoms with Gasteiger partial charge in [-0.2, -0.15) is 4.31 Å². The maximum Gasteiger partial charge on any atom is 0.263 e. The lowest BCUT2D eigenvalue weighted by molar-refractivity contribution is -0.116. The number of carbonyl (C=O) groups excluding carboxylic acids is 1. The van der Waals surface area contributed by atoms with Crippen molar-refractivity contribution >= 4 is 64.8 Å². The van der Waals surface area contributed by atoms with Crippen LogP contribution in [-0.2, 0) is 21.4 Å². The van der Waals surface area contributed by atoms with Crippen molar-refractivity contribution in [1.82, 2.24) is 13.9 Å². The average Bonchev–Trinajstić information content (AvgIpc) is 3.29. The van der Waals surface area contributed by atoms with E-state index in [0.717, 1.165) is 37.4 Å². The number of fused-ring (bicyclic) bond motifs is 1. The second-order valence-electron chi connectivity index (χ2n) is 9.44. The molecule has 1 N–H and O–H groups in total. The average molecular weight is 647 g/mol. The molecule has 1 fully saturated rings. The molecule has 10 nitrogen and oxygen atoms in total. The molecule has 210 valence electrons. The number of rotatable bonds is 7. The maximum absolute atomic E-state index is 13.9. The summed E-state index contributed by atoms with van der Waals surface area (Å²) in [7, 11) is -2.39. The molecule has 3 heterocycles. The minimum atomic E-state index is -4.00. The van der Waals surface area contributed by atoms with Crippen LogP contribution >= 0.6 is 27.3 Å². The van der Waals surface area contributed by atoms with E-state index in [2.05, 4.69) is 31.1 Å². The standard InChI is InChI=1S/C27H28BrN5O5S2/c1-17-8-9-20(19(28)14-17)30-23(34)15-32-16-29-26-24(27(32)35)25(18(2)39-26)40(36,37)33-12-10-31(11-13-33)21-6-4-5-7-22(21)38-3/h4-9,14,16H,10-13,15H2,1-3H3,(H,30,34). The van der Waals surface area contributed by atoms with Crippen LogP contribution in [0.2, 0.25) is 0 Å². The Bertz CT molecular complexity index is 1760. The Balaban J connectivity index is 1.40. The van der Waals surface area contributed by atoms with Crippen molar-refractivity contribution in [2.75, 3.05) is 43.5 Å². The monoisotopic (exact) mass is 645 g/mol. The number of benzene rings is 2. The van der Waals surface area contributed by atoms with Crippen molar-refractivity contribution in [2.45, 2.75) is 25.3 Å². The van der Waals surface area contributed by atoms with Crippen LogP contribution in [-0.4, -0.2) is 61.5 Å². The Morgan fingerprint density at radius 1 is 1.12 bits per heavy atom. The molecular weight excluding hydrogens is 618 g/mol. The molecule has 2 aromatic carbocycles. The van der Waals surface area contributed by atoms with E-state index >= 15 is 0 Å². The topological polar surface area (TPSA) is 114 Å². The van der Waals surface area contributed by atoms with Crippen LogP contribution in [0.1, 0.15) is 10.4 Å². The van der Waals surface area contributed by atoms with Gasteiger partial charge < -0.3 is 15.0 Å². The van der Waals surface area contributed by atoms with E-state index in [-0.39, 0.29) is 29.9 Å². The Morgan fingerprint density at radius 2 is 1.85 bits per heavy atom. The summed E-state index contributed by atoms with van der Waals surface area (Å²) < 4.78 is 36.5.